The average molecular weight is 207 g/mol. The van der Waals surface area contributed by atoms with Gasteiger partial charge in [-0.15, -0.1) is 0 Å². The van der Waals surface area contributed by atoms with Crippen LogP contribution in [0.15, 0.2) is 18.2 Å². The van der Waals surface area contributed by atoms with Gasteiger partial charge in [0.2, 0.25) is 0 Å². The minimum atomic E-state index is 0.180. The summed E-state index contributed by atoms with van der Waals surface area (Å²) in [7, 11) is 3.40. The zero-order valence-electron chi connectivity index (χ0n) is 9.46. The maximum Gasteiger partial charge on any atom is 0.122 e. The Labute approximate surface area is 90.4 Å². The lowest BCUT2D eigenvalue weighted by atomic mass is 9.76. The topological polar surface area (TPSA) is 30.5 Å². The molecule has 0 radical (unpaired) electrons. The zero-order valence-corrected chi connectivity index (χ0v) is 9.46. The molecular weight excluding hydrogens is 190 g/mol. The second-order valence-corrected chi connectivity index (χ2v) is 4.23. The molecule has 2 rings (SSSR count). The van der Waals surface area contributed by atoms with Crippen LogP contribution in [0.5, 0.6) is 11.5 Å². The summed E-state index contributed by atoms with van der Waals surface area (Å²) in [4.78, 5) is 0. The van der Waals surface area contributed by atoms with Crippen molar-refractivity contribution in [2.75, 3.05) is 27.3 Å². The number of nitrogens with one attached hydrogen (secondary N) is 1. The largest absolute Gasteiger partial charge is 0.497 e. The zero-order chi connectivity index (χ0) is 10.9. The number of hydrogen-bond acceptors (Lipinski definition) is 3. The molecule has 82 valence electrons. The first-order valence-electron chi connectivity index (χ1n) is 5.13. The van der Waals surface area contributed by atoms with Gasteiger partial charge in [-0.2, -0.15) is 0 Å². The van der Waals surface area contributed by atoms with Gasteiger partial charge in [-0.1, -0.05) is 6.92 Å². The van der Waals surface area contributed by atoms with Gasteiger partial charge in [0, 0.05) is 24.1 Å². The lowest BCUT2D eigenvalue weighted by molar-refractivity contribution is 0.289. The van der Waals surface area contributed by atoms with Gasteiger partial charge in [0.15, 0.2) is 0 Å². The molecule has 1 fully saturated rings. The Hall–Kier alpha value is -1.22. The van der Waals surface area contributed by atoms with E-state index in [4.69, 9.17) is 9.47 Å². The lowest BCUT2D eigenvalue weighted by Gasteiger charge is -2.40. The van der Waals surface area contributed by atoms with Crippen LogP contribution in [0.25, 0.3) is 0 Å². The van der Waals surface area contributed by atoms with E-state index in [-0.39, 0.29) is 5.41 Å². The summed E-state index contributed by atoms with van der Waals surface area (Å²) in [6.07, 6.45) is 0. The molecule has 0 amide bonds. The molecule has 1 aliphatic rings. The molecule has 0 atom stereocenters. The Balaban J connectivity index is 2.41. The Morgan fingerprint density at radius 3 is 2.40 bits per heavy atom. The van der Waals surface area contributed by atoms with E-state index in [1.54, 1.807) is 14.2 Å². The van der Waals surface area contributed by atoms with Crippen molar-refractivity contribution in [3.8, 4) is 11.5 Å². The van der Waals surface area contributed by atoms with E-state index in [1.807, 2.05) is 12.1 Å². The summed E-state index contributed by atoms with van der Waals surface area (Å²) < 4.78 is 10.6. The second kappa shape index (κ2) is 3.74. The summed E-state index contributed by atoms with van der Waals surface area (Å²) in [5.74, 6) is 1.83. The molecule has 1 N–H and O–H groups in total. The molecule has 0 unspecified atom stereocenters. The number of benzene rings is 1. The minimum absolute atomic E-state index is 0.180. The van der Waals surface area contributed by atoms with Gasteiger partial charge in [0.25, 0.3) is 0 Å². The van der Waals surface area contributed by atoms with E-state index in [2.05, 4.69) is 18.3 Å². The smallest absolute Gasteiger partial charge is 0.122 e. The van der Waals surface area contributed by atoms with Crippen LogP contribution in [0.2, 0.25) is 0 Å². The molecule has 3 nitrogen and oxygen atoms in total. The highest BCUT2D eigenvalue weighted by Gasteiger charge is 2.36. The van der Waals surface area contributed by atoms with Crippen molar-refractivity contribution in [3.63, 3.8) is 0 Å². The fourth-order valence-corrected chi connectivity index (χ4v) is 1.98. The van der Waals surface area contributed by atoms with Crippen molar-refractivity contribution in [2.45, 2.75) is 12.3 Å². The molecule has 0 spiro atoms. The van der Waals surface area contributed by atoms with Gasteiger partial charge in [-0.25, -0.2) is 0 Å². The quantitative estimate of drug-likeness (QED) is 0.816. The number of hydrogen-bond donors (Lipinski definition) is 1. The van der Waals surface area contributed by atoms with Crippen LogP contribution in [0.1, 0.15) is 12.5 Å². The van der Waals surface area contributed by atoms with Crippen LogP contribution in [0.4, 0.5) is 0 Å². The third-order valence-corrected chi connectivity index (χ3v) is 3.09. The van der Waals surface area contributed by atoms with E-state index >= 15 is 0 Å². The molecule has 1 saturated heterocycles. The molecule has 1 aromatic carbocycles. The molecule has 1 aromatic rings. The highest BCUT2D eigenvalue weighted by molar-refractivity contribution is 5.46. The van der Waals surface area contributed by atoms with Gasteiger partial charge in [-0.05, 0) is 18.2 Å². The first-order chi connectivity index (χ1) is 7.19. The van der Waals surface area contributed by atoms with Gasteiger partial charge in [0.1, 0.15) is 11.5 Å². The van der Waals surface area contributed by atoms with Crippen LogP contribution in [-0.4, -0.2) is 27.3 Å². The number of ether oxygens (including phenoxy) is 2. The third-order valence-electron chi connectivity index (χ3n) is 3.09. The molecule has 0 bridgehead atoms. The van der Waals surface area contributed by atoms with Crippen molar-refractivity contribution in [3.05, 3.63) is 23.8 Å². The van der Waals surface area contributed by atoms with Gasteiger partial charge in [0.05, 0.1) is 14.2 Å². The van der Waals surface area contributed by atoms with E-state index in [9.17, 15) is 0 Å². The summed E-state index contributed by atoms with van der Waals surface area (Å²) >= 11 is 0. The van der Waals surface area contributed by atoms with E-state index < -0.39 is 0 Å². The van der Waals surface area contributed by atoms with Crippen molar-refractivity contribution in [1.29, 1.82) is 0 Å². The SMILES string of the molecule is COc1ccc(OC)c(C2(C)CNC2)c1. The summed E-state index contributed by atoms with van der Waals surface area (Å²) in [5.41, 5.74) is 1.41. The molecule has 15 heavy (non-hydrogen) atoms. The van der Waals surface area contributed by atoms with E-state index in [0.29, 0.717) is 0 Å². The predicted octanol–water partition coefficient (Wildman–Crippen LogP) is 1.56. The number of rotatable bonds is 3. The molecule has 0 aliphatic carbocycles. The maximum absolute atomic E-state index is 5.38. The van der Waals surface area contributed by atoms with Crippen molar-refractivity contribution >= 4 is 0 Å². The standard InChI is InChI=1S/C12H17NO2/c1-12(7-13-8-12)10-6-9(14-2)4-5-11(10)15-3/h4-6,13H,7-8H2,1-3H3. The van der Waals surface area contributed by atoms with Crippen molar-refractivity contribution in [1.82, 2.24) is 5.32 Å². The summed E-state index contributed by atoms with van der Waals surface area (Å²) in [6.45, 7) is 4.23. The van der Waals surface area contributed by atoms with Crippen LogP contribution in [0.3, 0.4) is 0 Å². The van der Waals surface area contributed by atoms with Crippen LogP contribution >= 0.6 is 0 Å². The van der Waals surface area contributed by atoms with Gasteiger partial charge >= 0.3 is 0 Å². The summed E-state index contributed by atoms with van der Waals surface area (Å²) in [6, 6.07) is 5.97. The van der Waals surface area contributed by atoms with Gasteiger partial charge < -0.3 is 14.8 Å². The van der Waals surface area contributed by atoms with E-state index in [0.717, 1.165) is 24.6 Å². The highest BCUT2D eigenvalue weighted by atomic mass is 16.5. The van der Waals surface area contributed by atoms with Crippen LogP contribution < -0.4 is 14.8 Å². The van der Waals surface area contributed by atoms with E-state index in [1.165, 1.54) is 5.56 Å². The monoisotopic (exact) mass is 207 g/mol. The maximum atomic E-state index is 5.38. The fourth-order valence-electron chi connectivity index (χ4n) is 1.98. The Morgan fingerprint density at radius 2 is 1.93 bits per heavy atom. The Morgan fingerprint density at radius 1 is 1.20 bits per heavy atom. The molecule has 1 heterocycles. The summed E-state index contributed by atoms with van der Waals surface area (Å²) in [5, 5.41) is 3.29. The second-order valence-electron chi connectivity index (χ2n) is 4.23. The third kappa shape index (κ3) is 1.67. The van der Waals surface area contributed by atoms with Crippen LogP contribution in [0, 0.1) is 0 Å². The predicted molar refractivity (Wildman–Crippen MR) is 59.8 cm³/mol. The molecule has 1 aliphatic heterocycles. The molecule has 0 saturated carbocycles. The molecule has 3 heteroatoms. The van der Waals surface area contributed by atoms with Crippen molar-refractivity contribution < 1.29 is 9.47 Å². The van der Waals surface area contributed by atoms with Crippen LogP contribution in [-0.2, 0) is 5.41 Å². The first kappa shape index (κ1) is 10.3. The Kier molecular flexibility index (Phi) is 2.57. The highest BCUT2D eigenvalue weighted by Crippen LogP contribution is 2.36. The minimum Gasteiger partial charge on any atom is -0.497 e. The molecular formula is C12H17NO2. The first-order valence-corrected chi connectivity index (χ1v) is 5.13. The lowest BCUT2D eigenvalue weighted by Crippen LogP contribution is -2.54. The average Bonchev–Trinajstić information content (AvgIpc) is 2.25. The normalized spacial score (nSPS) is 18.1. The fraction of sp³-hybridized carbons (Fsp3) is 0.500. The van der Waals surface area contributed by atoms with Gasteiger partial charge in [-0.3, -0.25) is 0 Å². The van der Waals surface area contributed by atoms with Crippen molar-refractivity contribution in [2.24, 2.45) is 0 Å². The number of methoxy groups -OCH3 is 2. The Bertz CT molecular complexity index is 359. The molecule has 0 aromatic heterocycles.